The van der Waals surface area contributed by atoms with Crippen molar-refractivity contribution in [2.24, 2.45) is 29.4 Å². The maximum absolute atomic E-state index is 14.2. The van der Waals surface area contributed by atoms with Crippen LogP contribution in [0.2, 0.25) is 0 Å². The van der Waals surface area contributed by atoms with E-state index in [2.05, 4.69) is 12.2 Å². The minimum absolute atomic E-state index is 0.00868. The zero-order valence-electron chi connectivity index (χ0n) is 32.8. The maximum Gasteiger partial charge on any atom is 0.328 e. The molecule has 1 aliphatic heterocycles. The lowest BCUT2D eigenvalue weighted by Gasteiger charge is -2.41. The molecule has 288 valence electrons. The first-order chi connectivity index (χ1) is 23.9. The SMILES string of the molecule is CCC(C)C(C(CC(=O)N1CCCC1C(OC)C(C)C(=S)NC(Cc1ccccc1)C(=O)OC)OC)N(C)C(=O)C(CC(=O)C(C)(C)N)C(C)C. The number of likely N-dealkylation sites (N-methyl/N-ethyl adjacent to an activating group) is 1. The van der Waals surface area contributed by atoms with Gasteiger partial charge in [0.15, 0.2) is 5.78 Å². The van der Waals surface area contributed by atoms with E-state index < -0.39 is 41.7 Å². The highest BCUT2D eigenvalue weighted by molar-refractivity contribution is 7.80. The second-order valence-electron chi connectivity index (χ2n) is 15.1. The number of methoxy groups -OCH3 is 3. The normalized spacial score (nSPS) is 19.0. The molecule has 1 aromatic carbocycles. The minimum Gasteiger partial charge on any atom is -0.467 e. The van der Waals surface area contributed by atoms with Gasteiger partial charge in [0.05, 0.1) is 48.3 Å². The van der Waals surface area contributed by atoms with Crippen LogP contribution < -0.4 is 11.1 Å². The second-order valence-corrected chi connectivity index (χ2v) is 15.5. The maximum atomic E-state index is 14.2. The second kappa shape index (κ2) is 20.3. The molecule has 2 rings (SSSR count). The van der Waals surface area contributed by atoms with Crippen LogP contribution in [0, 0.1) is 23.7 Å². The van der Waals surface area contributed by atoms with Gasteiger partial charge in [0.25, 0.3) is 0 Å². The van der Waals surface area contributed by atoms with Crippen molar-refractivity contribution in [1.29, 1.82) is 0 Å². The van der Waals surface area contributed by atoms with Crippen molar-refractivity contribution in [2.45, 2.75) is 123 Å². The molecule has 1 fully saturated rings. The molecule has 0 radical (unpaired) electrons. The summed E-state index contributed by atoms with van der Waals surface area (Å²) in [6, 6.07) is 8.31. The van der Waals surface area contributed by atoms with Crippen LogP contribution in [0.3, 0.4) is 0 Å². The summed E-state index contributed by atoms with van der Waals surface area (Å²) in [4.78, 5) is 57.9. The van der Waals surface area contributed by atoms with Gasteiger partial charge in [-0.3, -0.25) is 14.4 Å². The number of esters is 1. The molecule has 1 saturated heterocycles. The number of rotatable bonds is 20. The van der Waals surface area contributed by atoms with Crippen LogP contribution in [0.5, 0.6) is 0 Å². The molecule has 12 heteroatoms. The summed E-state index contributed by atoms with van der Waals surface area (Å²) < 4.78 is 17.1. The van der Waals surface area contributed by atoms with Gasteiger partial charge in [-0.2, -0.15) is 0 Å². The number of hydrogen-bond donors (Lipinski definition) is 2. The Morgan fingerprint density at radius 1 is 1.04 bits per heavy atom. The third kappa shape index (κ3) is 12.1. The summed E-state index contributed by atoms with van der Waals surface area (Å²) in [5.41, 5.74) is 6.01. The molecule has 0 bridgehead atoms. The first-order valence-electron chi connectivity index (χ1n) is 18.3. The van der Waals surface area contributed by atoms with E-state index in [-0.39, 0.29) is 54.2 Å². The fourth-order valence-corrected chi connectivity index (χ4v) is 7.40. The highest BCUT2D eigenvalue weighted by Crippen LogP contribution is 2.31. The average Bonchev–Trinajstić information content (AvgIpc) is 3.58. The Bertz CT molecular complexity index is 1300. The summed E-state index contributed by atoms with van der Waals surface area (Å²) in [5, 5.41) is 3.22. The van der Waals surface area contributed by atoms with Crippen LogP contribution >= 0.6 is 12.2 Å². The number of ketones is 1. The molecule has 0 spiro atoms. The van der Waals surface area contributed by atoms with Crippen LogP contribution in [0.4, 0.5) is 0 Å². The van der Waals surface area contributed by atoms with Gasteiger partial charge in [-0.1, -0.05) is 83.6 Å². The first-order valence-corrected chi connectivity index (χ1v) is 18.7. The number of carbonyl (C=O) groups is 4. The van der Waals surface area contributed by atoms with Crippen molar-refractivity contribution < 1.29 is 33.4 Å². The van der Waals surface area contributed by atoms with E-state index in [9.17, 15) is 19.2 Å². The van der Waals surface area contributed by atoms with Crippen molar-refractivity contribution >= 4 is 40.8 Å². The predicted molar refractivity (Wildman–Crippen MR) is 204 cm³/mol. The van der Waals surface area contributed by atoms with E-state index in [0.717, 1.165) is 24.8 Å². The monoisotopic (exact) mass is 732 g/mol. The fourth-order valence-electron chi connectivity index (χ4n) is 7.13. The van der Waals surface area contributed by atoms with E-state index in [1.807, 2.05) is 62.9 Å². The molecule has 51 heavy (non-hydrogen) atoms. The first kappa shape index (κ1) is 44.2. The topological polar surface area (TPSA) is 140 Å². The zero-order chi connectivity index (χ0) is 38.6. The number of carbonyl (C=O) groups excluding carboxylic acids is 4. The number of thiocarbonyl (C=S) groups is 1. The lowest BCUT2D eigenvalue weighted by atomic mass is 9.83. The number of hydrogen-bond acceptors (Lipinski definition) is 9. The number of ether oxygens (including phenoxy) is 3. The largest absolute Gasteiger partial charge is 0.467 e. The summed E-state index contributed by atoms with van der Waals surface area (Å²) in [5.74, 6) is -1.80. The highest BCUT2D eigenvalue weighted by atomic mass is 32.1. The zero-order valence-corrected chi connectivity index (χ0v) is 33.6. The molecule has 1 aromatic rings. The summed E-state index contributed by atoms with van der Waals surface area (Å²) in [6.07, 6.45) is 1.78. The highest BCUT2D eigenvalue weighted by Gasteiger charge is 2.43. The summed E-state index contributed by atoms with van der Waals surface area (Å²) in [7, 11) is 6.29. The molecule has 8 unspecified atom stereocenters. The number of nitrogens with two attached hydrogens (primary N) is 1. The van der Waals surface area contributed by atoms with Gasteiger partial charge in [-0.05, 0) is 44.1 Å². The van der Waals surface area contributed by atoms with E-state index in [1.54, 1.807) is 40.0 Å². The van der Waals surface area contributed by atoms with Crippen molar-refractivity contribution in [2.75, 3.05) is 34.9 Å². The molecule has 1 heterocycles. The molecular weight excluding hydrogens is 669 g/mol. The van der Waals surface area contributed by atoms with Gasteiger partial charge in [0.2, 0.25) is 11.8 Å². The van der Waals surface area contributed by atoms with Gasteiger partial charge in [-0.25, -0.2) is 4.79 Å². The van der Waals surface area contributed by atoms with Crippen molar-refractivity contribution in [3.63, 3.8) is 0 Å². The van der Waals surface area contributed by atoms with Crippen molar-refractivity contribution in [3.8, 4) is 0 Å². The Kier molecular flexibility index (Phi) is 17.6. The number of nitrogens with one attached hydrogen (secondary N) is 1. The third-order valence-electron chi connectivity index (χ3n) is 10.6. The molecule has 0 saturated carbocycles. The van der Waals surface area contributed by atoms with Gasteiger partial charge in [-0.15, -0.1) is 0 Å². The summed E-state index contributed by atoms with van der Waals surface area (Å²) in [6.45, 7) is 13.8. The number of likely N-dealkylation sites (tertiary alicyclic amines) is 1. The van der Waals surface area contributed by atoms with Crippen LogP contribution in [0.15, 0.2) is 30.3 Å². The summed E-state index contributed by atoms with van der Waals surface area (Å²) >= 11 is 5.83. The lowest BCUT2D eigenvalue weighted by Crippen LogP contribution is -2.55. The standard InChI is InChI=1S/C39H64N4O7S/c1-12-25(4)34(42(8)37(46)28(24(2)3)22-32(44)39(6,7)40)31(48-9)23-33(45)43-20-16-19-30(43)35(49-10)26(5)36(51)41-29(38(47)50-11)21-27-17-14-13-15-18-27/h13-15,17-18,24-26,28-31,34-35H,12,16,19-23,40H2,1-11H3,(H,41,51). The number of amides is 2. The predicted octanol–water partition coefficient (Wildman–Crippen LogP) is 4.58. The van der Waals surface area contributed by atoms with Gasteiger partial charge < -0.3 is 35.1 Å². The number of benzene rings is 1. The molecule has 0 aliphatic carbocycles. The smallest absolute Gasteiger partial charge is 0.328 e. The van der Waals surface area contributed by atoms with E-state index in [4.69, 9.17) is 32.2 Å². The molecule has 8 atom stereocenters. The van der Waals surface area contributed by atoms with Gasteiger partial charge in [0, 0.05) is 52.5 Å². The quantitative estimate of drug-likeness (QED) is 0.145. The molecule has 0 aromatic heterocycles. The Morgan fingerprint density at radius 2 is 1.67 bits per heavy atom. The molecule has 3 N–H and O–H groups in total. The van der Waals surface area contributed by atoms with E-state index in [1.165, 1.54) is 7.11 Å². The van der Waals surface area contributed by atoms with E-state index >= 15 is 0 Å². The average molecular weight is 733 g/mol. The lowest BCUT2D eigenvalue weighted by molar-refractivity contribution is -0.148. The van der Waals surface area contributed by atoms with E-state index in [0.29, 0.717) is 18.0 Å². The van der Waals surface area contributed by atoms with Crippen LogP contribution in [0.25, 0.3) is 0 Å². The van der Waals surface area contributed by atoms with Crippen LogP contribution in [-0.2, 0) is 39.8 Å². The molecular formula is C39H64N4O7S. The number of Topliss-reactive ketones (excluding diaryl/α,β-unsaturated/α-hetero) is 1. The number of nitrogens with zero attached hydrogens (tertiary/aromatic N) is 2. The van der Waals surface area contributed by atoms with Crippen molar-refractivity contribution in [1.82, 2.24) is 15.1 Å². The Hall–Kier alpha value is -2.93. The third-order valence-corrected chi connectivity index (χ3v) is 11.1. The Labute approximate surface area is 311 Å². The van der Waals surface area contributed by atoms with Gasteiger partial charge >= 0.3 is 5.97 Å². The van der Waals surface area contributed by atoms with Crippen LogP contribution in [0.1, 0.15) is 86.1 Å². The van der Waals surface area contributed by atoms with Crippen molar-refractivity contribution in [3.05, 3.63) is 35.9 Å². The van der Waals surface area contributed by atoms with Crippen LogP contribution in [-0.4, -0.2) is 109 Å². The fraction of sp³-hybridized carbons (Fsp3) is 0.718. The Balaban J connectivity index is 2.27. The minimum atomic E-state index is -1.04. The molecule has 2 amide bonds. The van der Waals surface area contributed by atoms with Gasteiger partial charge in [0.1, 0.15) is 6.04 Å². The molecule has 11 nitrogen and oxygen atoms in total. The molecule has 1 aliphatic rings. The Morgan fingerprint density at radius 3 is 2.18 bits per heavy atom.